The molecule has 1 aromatic carbocycles. The number of fused-ring (bicyclic) bond motifs is 1. The molecule has 3 amide bonds. The van der Waals surface area contributed by atoms with Crippen molar-refractivity contribution in [2.24, 2.45) is 5.41 Å². The molecule has 0 radical (unpaired) electrons. The minimum Gasteiger partial charge on any atom is -0.342 e. The first-order valence-electron chi connectivity index (χ1n) is 11.6. The van der Waals surface area contributed by atoms with Crippen LogP contribution in [0.1, 0.15) is 51.6 Å². The second kappa shape index (κ2) is 10.8. The number of nitrogens with one attached hydrogen (secondary N) is 3. The van der Waals surface area contributed by atoms with E-state index in [1.165, 1.54) is 27.0 Å². The largest absolute Gasteiger partial charge is 0.471 e. The summed E-state index contributed by atoms with van der Waals surface area (Å²) >= 11 is 3.42. The van der Waals surface area contributed by atoms with Gasteiger partial charge in [-0.1, -0.05) is 48.8 Å². The summed E-state index contributed by atoms with van der Waals surface area (Å²) in [6.45, 7) is 4.28. The molecular formula is C25H26BrF4N5O3. The summed E-state index contributed by atoms with van der Waals surface area (Å²) in [6.07, 6.45) is -2.44. The third kappa shape index (κ3) is 6.98. The summed E-state index contributed by atoms with van der Waals surface area (Å²) < 4.78 is 54.0. The van der Waals surface area contributed by atoms with Gasteiger partial charge in [-0.2, -0.15) is 18.4 Å². The van der Waals surface area contributed by atoms with E-state index in [4.69, 9.17) is 0 Å². The number of nitriles is 1. The number of hydrogen-bond acceptors (Lipinski definition) is 5. The zero-order valence-electron chi connectivity index (χ0n) is 20.7. The molecule has 1 fully saturated rings. The molecule has 0 aliphatic heterocycles. The van der Waals surface area contributed by atoms with Crippen LogP contribution in [-0.2, 0) is 14.4 Å². The molecule has 1 aliphatic carbocycles. The lowest BCUT2D eigenvalue weighted by molar-refractivity contribution is -0.175. The Hall–Kier alpha value is -3.27. The lowest BCUT2D eigenvalue weighted by Gasteiger charge is -2.32. The lowest BCUT2D eigenvalue weighted by Crippen LogP contribution is -2.59. The van der Waals surface area contributed by atoms with Crippen LogP contribution >= 0.6 is 15.9 Å². The molecule has 8 nitrogen and oxygen atoms in total. The number of aromatic nitrogens is 1. The third-order valence-corrected chi connectivity index (χ3v) is 6.81. The summed E-state index contributed by atoms with van der Waals surface area (Å²) in [6, 6.07) is 2.78. The van der Waals surface area contributed by atoms with Gasteiger partial charge in [0.25, 0.3) is 0 Å². The van der Waals surface area contributed by atoms with Gasteiger partial charge < -0.3 is 16.0 Å². The van der Waals surface area contributed by atoms with Crippen LogP contribution in [0, 0.1) is 16.7 Å². The summed E-state index contributed by atoms with van der Waals surface area (Å²) in [5.41, 5.74) is -2.58. The predicted octanol–water partition coefficient (Wildman–Crippen LogP) is 4.15. The van der Waals surface area contributed by atoms with Crippen LogP contribution in [0.15, 0.2) is 35.1 Å². The number of halogens is 5. The predicted molar refractivity (Wildman–Crippen MR) is 133 cm³/mol. The number of pyridine rings is 1. The minimum absolute atomic E-state index is 0.141. The molecule has 1 saturated carbocycles. The average Bonchev–Trinajstić information content (AvgIpc) is 3.55. The van der Waals surface area contributed by atoms with Crippen LogP contribution in [0.3, 0.4) is 0 Å². The van der Waals surface area contributed by atoms with E-state index in [9.17, 15) is 37.2 Å². The highest BCUT2D eigenvalue weighted by Gasteiger charge is 2.48. The number of alkyl halides is 4. The first kappa shape index (κ1) is 29.3. The summed E-state index contributed by atoms with van der Waals surface area (Å²) in [4.78, 5) is 42.0. The van der Waals surface area contributed by atoms with E-state index in [1.807, 2.05) is 6.07 Å². The van der Waals surface area contributed by atoms with Gasteiger partial charge >= 0.3 is 12.1 Å². The van der Waals surface area contributed by atoms with Crippen LogP contribution in [0.25, 0.3) is 10.8 Å². The highest BCUT2D eigenvalue weighted by Crippen LogP contribution is 2.44. The molecule has 1 unspecified atom stereocenters. The van der Waals surface area contributed by atoms with Gasteiger partial charge in [0, 0.05) is 39.6 Å². The molecule has 1 heterocycles. The van der Waals surface area contributed by atoms with Gasteiger partial charge in [-0.15, -0.1) is 0 Å². The maximum atomic E-state index is 14.7. The van der Waals surface area contributed by atoms with Gasteiger partial charge in [-0.05, 0) is 24.3 Å². The Bertz CT molecular complexity index is 1280. The quantitative estimate of drug-likeness (QED) is 0.393. The first-order chi connectivity index (χ1) is 17.6. The topological polar surface area (TPSA) is 124 Å². The molecule has 38 heavy (non-hydrogen) atoms. The first-order valence-corrected chi connectivity index (χ1v) is 12.4. The Morgan fingerprint density at radius 3 is 2.32 bits per heavy atom. The van der Waals surface area contributed by atoms with Crippen molar-refractivity contribution >= 4 is 44.4 Å². The van der Waals surface area contributed by atoms with Crippen molar-refractivity contribution in [3.63, 3.8) is 0 Å². The lowest BCUT2D eigenvalue weighted by atomic mass is 9.85. The Labute approximate surface area is 224 Å². The number of hydrogen-bond donors (Lipinski definition) is 3. The fourth-order valence-corrected chi connectivity index (χ4v) is 4.53. The molecule has 3 N–H and O–H groups in total. The fourth-order valence-electron chi connectivity index (χ4n) is 3.91. The summed E-state index contributed by atoms with van der Waals surface area (Å²) in [5.74, 6) is -4.33. The van der Waals surface area contributed by atoms with Crippen molar-refractivity contribution in [2.75, 3.05) is 0 Å². The zero-order valence-corrected chi connectivity index (χ0v) is 22.3. The smallest absolute Gasteiger partial charge is 0.342 e. The van der Waals surface area contributed by atoms with Crippen LogP contribution in [-0.4, -0.2) is 46.6 Å². The fraction of sp³-hybridized carbons (Fsp3) is 0.480. The van der Waals surface area contributed by atoms with Crippen molar-refractivity contribution in [1.29, 1.82) is 5.26 Å². The maximum absolute atomic E-state index is 14.7. The number of rotatable bonds is 8. The summed E-state index contributed by atoms with van der Waals surface area (Å²) in [7, 11) is 0. The molecule has 2 aromatic rings. The third-order valence-electron chi connectivity index (χ3n) is 6.15. The number of nitrogens with zero attached hydrogens (tertiary/aromatic N) is 2. The average molecular weight is 600 g/mol. The van der Waals surface area contributed by atoms with E-state index in [1.54, 1.807) is 29.7 Å². The van der Waals surface area contributed by atoms with Gasteiger partial charge in [0.2, 0.25) is 11.8 Å². The highest BCUT2D eigenvalue weighted by atomic mass is 79.9. The van der Waals surface area contributed by atoms with Crippen LogP contribution < -0.4 is 16.0 Å². The van der Waals surface area contributed by atoms with E-state index in [0.717, 1.165) is 0 Å². The molecule has 0 spiro atoms. The number of carbonyl (C=O) groups is 3. The minimum atomic E-state index is -5.24. The highest BCUT2D eigenvalue weighted by molar-refractivity contribution is 9.10. The second-order valence-corrected chi connectivity index (χ2v) is 11.2. The van der Waals surface area contributed by atoms with Crippen molar-refractivity contribution in [3.8, 4) is 6.07 Å². The normalized spacial score (nSPS) is 17.0. The number of carbonyl (C=O) groups excluding carboxylic acids is 3. The monoisotopic (exact) mass is 599 g/mol. The van der Waals surface area contributed by atoms with Crippen LogP contribution in [0.4, 0.5) is 17.6 Å². The molecule has 1 aromatic heterocycles. The molecule has 0 bridgehead atoms. The molecule has 204 valence electrons. The maximum Gasteiger partial charge on any atom is 0.471 e. The van der Waals surface area contributed by atoms with E-state index in [0.29, 0.717) is 20.8 Å². The van der Waals surface area contributed by atoms with Gasteiger partial charge in [0.05, 0.1) is 6.07 Å². The Morgan fingerprint density at radius 1 is 1.11 bits per heavy atom. The summed E-state index contributed by atoms with van der Waals surface area (Å²) in [5, 5.41) is 17.6. The van der Waals surface area contributed by atoms with E-state index in [-0.39, 0.29) is 12.8 Å². The standard InChI is InChI=1S/C25H26BrF4N5O3/c1-23(2,3)19(35-22(38)25(28,29)30)21(37)33-16(9-24(27)7-8-24)20(36)34-17(10-31)14-12-32-11-13-5-4-6-15(26)18(13)14/h4-6,11-12,16-17,19H,7-9H2,1-3H3,(H,33,37)(H,34,36)(H,35,38)/t16-,17?,19+/m0/s1. The molecule has 1 aliphatic rings. The van der Waals surface area contributed by atoms with E-state index >= 15 is 0 Å². The van der Waals surface area contributed by atoms with Gasteiger partial charge in [-0.25, -0.2) is 4.39 Å². The molecule has 13 heteroatoms. The Kier molecular flexibility index (Phi) is 8.36. The SMILES string of the molecule is CC(C)(C)[C@H](NC(=O)C(F)(F)F)C(=O)N[C@@H](CC1(F)CC1)C(=O)NC(C#N)c1cncc2cccc(Br)c12. The van der Waals surface area contributed by atoms with Crippen LogP contribution in [0.2, 0.25) is 0 Å². The Balaban J connectivity index is 1.87. The zero-order chi connectivity index (χ0) is 28.5. The van der Waals surface area contributed by atoms with Gasteiger partial charge in [-0.3, -0.25) is 19.4 Å². The van der Waals surface area contributed by atoms with E-state index < -0.39 is 59.5 Å². The molecular weight excluding hydrogens is 574 g/mol. The second-order valence-electron chi connectivity index (χ2n) is 10.3. The van der Waals surface area contributed by atoms with Crippen molar-refractivity contribution in [1.82, 2.24) is 20.9 Å². The molecule has 3 atom stereocenters. The van der Waals surface area contributed by atoms with Gasteiger partial charge in [0.1, 0.15) is 23.8 Å². The van der Waals surface area contributed by atoms with Crippen molar-refractivity contribution in [2.45, 2.75) is 70.0 Å². The Morgan fingerprint density at radius 2 is 1.76 bits per heavy atom. The number of benzene rings is 1. The van der Waals surface area contributed by atoms with Crippen LogP contribution in [0.5, 0.6) is 0 Å². The molecule has 0 saturated heterocycles. The van der Waals surface area contributed by atoms with E-state index in [2.05, 4.69) is 31.5 Å². The molecule has 3 rings (SSSR count). The van der Waals surface area contributed by atoms with Crippen molar-refractivity contribution in [3.05, 3.63) is 40.6 Å². The van der Waals surface area contributed by atoms with Gasteiger partial charge in [0.15, 0.2) is 0 Å². The van der Waals surface area contributed by atoms with Crippen molar-refractivity contribution < 1.29 is 31.9 Å². The number of amides is 3.